The van der Waals surface area contributed by atoms with Crippen molar-refractivity contribution in [2.45, 2.75) is 32.0 Å². The minimum atomic E-state index is 0.00871. The third kappa shape index (κ3) is 3.11. The van der Waals surface area contributed by atoms with Gasteiger partial charge in [-0.05, 0) is 31.9 Å². The van der Waals surface area contributed by atoms with E-state index in [-0.39, 0.29) is 6.04 Å². The van der Waals surface area contributed by atoms with E-state index in [4.69, 9.17) is 5.73 Å². The maximum Gasteiger partial charge on any atom is 0.208 e. The molecule has 0 saturated carbocycles. The monoisotopic (exact) mass is 262 g/mol. The van der Waals surface area contributed by atoms with Crippen LogP contribution in [0.4, 0.5) is 0 Å². The first kappa shape index (κ1) is 13.1. The van der Waals surface area contributed by atoms with E-state index in [1.165, 1.54) is 16.7 Å². The number of nitrogens with two attached hydrogens (primary N) is 1. The molecule has 2 rings (SSSR count). The smallest absolute Gasteiger partial charge is 0.208 e. The van der Waals surface area contributed by atoms with Gasteiger partial charge >= 0.3 is 0 Å². The summed E-state index contributed by atoms with van der Waals surface area (Å²) >= 11 is 1.58. The molecule has 0 spiro atoms. The van der Waals surface area contributed by atoms with Gasteiger partial charge in [0.05, 0.1) is 0 Å². The molecule has 4 nitrogen and oxygen atoms in total. The summed E-state index contributed by atoms with van der Waals surface area (Å²) in [6.45, 7) is 6.08. The van der Waals surface area contributed by atoms with Crippen molar-refractivity contribution in [2.75, 3.05) is 5.75 Å². The van der Waals surface area contributed by atoms with Gasteiger partial charge in [0, 0.05) is 11.8 Å². The molecule has 96 valence electrons. The molecule has 3 N–H and O–H groups in total. The molecule has 5 heteroatoms. The van der Waals surface area contributed by atoms with E-state index in [9.17, 15) is 0 Å². The van der Waals surface area contributed by atoms with E-state index in [0.717, 1.165) is 16.7 Å². The standard InChI is InChI=1S/C13H18N4S/c1-8-4-5-11(9(2)6-8)12(14)7-18-13-15-10(3)16-17-13/h4-6,12H,7,14H2,1-3H3,(H,15,16,17). The van der Waals surface area contributed by atoms with Crippen molar-refractivity contribution in [3.63, 3.8) is 0 Å². The molecule has 1 aromatic heterocycles. The van der Waals surface area contributed by atoms with E-state index in [1.54, 1.807) is 11.8 Å². The van der Waals surface area contributed by atoms with Crippen LogP contribution in [0.2, 0.25) is 0 Å². The lowest BCUT2D eigenvalue weighted by atomic mass is 10.0. The van der Waals surface area contributed by atoms with Crippen molar-refractivity contribution in [3.8, 4) is 0 Å². The Morgan fingerprint density at radius 2 is 2.11 bits per heavy atom. The lowest BCUT2D eigenvalue weighted by molar-refractivity contribution is 0.818. The highest BCUT2D eigenvalue weighted by molar-refractivity contribution is 7.99. The van der Waals surface area contributed by atoms with Crippen LogP contribution in [-0.2, 0) is 0 Å². The molecule has 0 aliphatic carbocycles. The zero-order valence-electron chi connectivity index (χ0n) is 10.9. The van der Waals surface area contributed by atoms with Crippen molar-refractivity contribution >= 4 is 11.8 Å². The minimum absolute atomic E-state index is 0.00871. The van der Waals surface area contributed by atoms with Gasteiger partial charge in [0.1, 0.15) is 5.82 Å². The van der Waals surface area contributed by atoms with Crippen molar-refractivity contribution in [1.82, 2.24) is 15.2 Å². The molecule has 0 fully saturated rings. The number of hydrogen-bond donors (Lipinski definition) is 2. The first-order valence-electron chi connectivity index (χ1n) is 5.91. The van der Waals surface area contributed by atoms with Crippen molar-refractivity contribution in [3.05, 3.63) is 40.7 Å². The fourth-order valence-electron chi connectivity index (χ4n) is 1.88. The molecule has 0 aliphatic heterocycles. The number of aromatic amines is 1. The summed E-state index contributed by atoms with van der Waals surface area (Å²) in [7, 11) is 0. The highest BCUT2D eigenvalue weighted by atomic mass is 32.2. The normalized spacial score (nSPS) is 12.7. The Kier molecular flexibility index (Phi) is 4.04. The Hall–Kier alpha value is -1.33. The number of thioether (sulfide) groups is 1. The first-order valence-corrected chi connectivity index (χ1v) is 6.89. The quantitative estimate of drug-likeness (QED) is 0.831. The second-order valence-electron chi connectivity index (χ2n) is 4.48. The molecule has 18 heavy (non-hydrogen) atoms. The van der Waals surface area contributed by atoms with Gasteiger partial charge in [-0.2, -0.15) is 0 Å². The number of rotatable bonds is 4. The van der Waals surface area contributed by atoms with Crippen LogP contribution in [0.3, 0.4) is 0 Å². The summed E-state index contributed by atoms with van der Waals surface area (Å²) in [6.07, 6.45) is 0. The third-order valence-electron chi connectivity index (χ3n) is 2.79. The molecule has 0 radical (unpaired) electrons. The Morgan fingerprint density at radius 1 is 1.33 bits per heavy atom. The average Bonchev–Trinajstić information content (AvgIpc) is 2.72. The van der Waals surface area contributed by atoms with E-state index >= 15 is 0 Å². The number of aryl methyl sites for hydroxylation is 3. The van der Waals surface area contributed by atoms with Crippen molar-refractivity contribution < 1.29 is 0 Å². The molecule has 0 aliphatic rings. The first-order chi connectivity index (χ1) is 8.56. The van der Waals surface area contributed by atoms with E-state index in [2.05, 4.69) is 47.2 Å². The molecule has 1 aromatic carbocycles. The lowest BCUT2D eigenvalue weighted by Gasteiger charge is -2.14. The summed E-state index contributed by atoms with van der Waals surface area (Å²) in [4.78, 5) is 4.25. The highest BCUT2D eigenvalue weighted by Gasteiger charge is 2.11. The van der Waals surface area contributed by atoms with Crippen molar-refractivity contribution in [2.24, 2.45) is 5.73 Å². The Morgan fingerprint density at radius 3 is 2.72 bits per heavy atom. The molecule has 0 amide bonds. The molecule has 1 heterocycles. The van der Waals surface area contributed by atoms with E-state index < -0.39 is 0 Å². The van der Waals surface area contributed by atoms with E-state index in [1.807, 2.05) is 6.92 Å². The van der Waals surface area contributed by atoms with Gasteiger partial charge < -0.3 is 5.73 Å². The number of nitrogens with zero attached hydrogens (tertiary/aromatic N) is 2. The van der Waals surface area contributed by atoms with Crippen molar-refractivity contribution in [1.29, 1.82) is 0 Å². The number of nitrogens with one attached hydrogen (secondary N) is 1. The van der Waals surface area contributed by atoms with Crippen LogP contribution < -0.4 is 5.73 Å². The summed E-state index contributed by atoms with van der Waals surface area (Å²) in [5.41, 5.74) is 9.92. The summed E-state index contributed by atoms with van der Waals surface area (Å²) in [6, 6.07) is 6.38. The molecular formula is C13H18N4S. The van der Waals surface area contributed by atoms with Crippen LogP contribution in [-0.4, -0.2) is 20.9 Å². The largest absolute Gasteiger partial charge is 0.323 e. The minimum Gasteiger partial charge on any atom is -0.323 e. The fraction of sp³-hybridized carbons (Fsp3) is 0.385. The fourth-order valence-corrected chi connectivity index (χ4v) is 2.70. The Balaban J connectivity index is 2.01. The van der Waals surface area contributed by atoms with Gasteiger partial charge in [-0.15, -0.1) is 5.10 Å². The molecule has 0 saturated heterocycles. The van der Waals surface area contributed by atoms with Gasteiger partial charge in [0.2, 0.25) is 5.16 Å². The molecule has 0 bridgehead atoms. The Bertz CT molecular complexity index is 536. The molecule has 2 aromatic rings. The van der Waals surface area contributed by atoms with Crippen LogP contribution in [0.5, 0.6) is 0 Å². The maximum atomic E-state index is 6.21. The van der Waals surface area contributed by atoms with Gasteiger partial charge in [-0.3, -0.25) is 5.10 Å². The molecular weight excluding hydrogens is 244 g/mol. The second-order valence-corrected chi connectivity index (χ2v) is 5.47. The number of benzene rings is 1. The van der Waals surface area contributed by atoms with Gasteiger partial charge in [-0.1, -0.05) is 35.5 Å². The number of H-pyrrole nitrogens is 1. The predicted molar refractivity (Wildman–Crippen MR) is 74.7 cm³/mol. The summed E-state index contributed by atoms with van der Waals surface area (Å²) in [5.74, 6) is 1.61. The third-order valence-corrected chi connectivity index (χ3v) is 3.76. The SMILES string of the molecule is Cc1ccc(C(N)CSc2n[nH]c(C)n2)c(C)c1. The predicted octanol–water partition coefficient (Wildman–Crippen LogP) is 2.52. The molecule has 1 atom stereocenters. The number of hydrogen-bond acceptors (Lipinski definition) is 4. The van der Waals surface area contributed by atoms with Crippen LogP contribution >= 0.6 is 11.8 Å². The van der Waals surface area contributed by atoms with Crippen LogP contribution in [0.15, 0.2) is 23.4 Å². The van der Waals surface area contributed by atoms with E-state index in [0.29, 0.717) is 0 Å². The Labute approximate surface area is 111 Å². The highest BCUT2D eigenvalue weighted by Crippen LogP contribution is 2.23. The maximum absolute atomic E-state index is 6.21. The average molecular weight is 262 g/mol. The van der Waals surface area contributed by atoms with Gasteiger partial charge in [0.15, 0.2) is 0 Å². The van der Waals surface area contributed by atoms with Gasteiger partial charge in [-0.25, -0.2) is 4.98 Å². The molecule has 1 unspecified atom stereocenters. The summed E-state index contributed by atoms with van der Waals surface area (Å²) < 4.78 is 0. The topological polar surface area (TPSA) is 67.6 Å². The van der Waals surface area contributed by atoms with Gasteiger partial charge in [0.25, 0.3) is 0 Å². The second kappa shape index (κ2) is 5.54. The van der Waals surface area contributed by atoms with Crippen LogP contribution in [0.25, 0.3) is 0 Å². The van der Waals surface area contributed by atoms with Crippen LogP contribution in [0.1, 0.15) is 28.6 Å². The zero-order valence-corrected chi connectivity index (χ0v) is 11.7. The zero-order chi connectivity index (χ0) is 13.1. The number of aromatic nitrogens is 3. The summed E-state index contributed by atoms with van der Waals surface area (Å²) in [5, 5.41) is 7.67. The lowest BCUT2D eigenvalue weighted by Crippen LogP contribution is -2.14. The van der Waals surface area contributed by atoms with Crippen LogP contribution in [0, 0.1) is 20.8 Å².